The third kappa shape index (κ3) is 4.11. The molecule has 0 heterocycles. The maximum atomic E-state index is 10.4. The van der Waals surface area contributed by atoms with Crippen LogP contribution in [0.5, 0.6) is 0 Å². The van der Waals surface area contributed by atoms with E-state index in [1.807, 2.05) is 84.9 Å². The van der Waals surface area contributed by atoms with E-state index < -0.39 is 0 Å². The molecule has 38 heavy (non-hydrogen) atoms. The summed E-state index contributed by atoms with van der Waals surface area (Å²) in [6.45, 7) is 0. The zero-order valence-corrected chi connectivity index (χ0v) is 20.6. The molecule has 6 aromatic carbocycles. The summed E-state index contributed by atoms with van der Waals surface area (Å²) in [6, 6.07) is 49.5. The minimum atomic E-state index is 0.365. The lowest BCUT2D eigenvalue weighted by molar-refractivity contribution is 1.50. The molecule has 0 fully saturated rings. The van der Waals surface area contributed by atoms with Crippen molar-refractivity contribution in [3.8, 4) is 34.4 Å². The Balaban J connectivity index is 1.63. The molecule has 0 aromatic heterocycles. The monoisotopic (exact) mass is 482 g/mol. The molecule has 176 valence electrons. The predicted octanol–water partition coefficient (Wildman–Crippen LogP) is 9.28. The Morgan fingerprint density at radius 3 is 1.18 bits per heavy atom. The van der Waals surface area contributed by atoms with Crippen LogP contribution in [0.3, 0.4) is 0 Å². The molecular formula is C36H22N2. The van der Waals surface area contributed by atoms with Crippen molar-refractivity contribution in [2.45, 2.75) is 0 Å². The van der Waals surface area contributed by atoms with Gasteiger partial charge in [0.1, 0.15) is 12.1 Å². The van der Waals surface area contributed by atoms with Gasteiger partial charge in [0.05, 0.1) is 11.1 Å². The van der Waals surface area contributed by atoms with E-state index in [4.69, 9.17) is 0 Å². The lowest BCUT2D eigenvalue weighted by Gasteiger charge is -2.13. The summed E-state index contributed by atoms with van der Waals surface area (Å²) in [7, 11) is 0. The topological polar surface area (TPSA) is 47.6 Å². The SMILES string of the molecule is N#C/C(=C(/C#N)c1cc(-c2ccccc2)c2ccccc2c1)c1cc(-c2ccccc2)c2ccccc2c1. The van der Waals surface area contributed by atoms with Crippen LogP contribution in [0.25, 0.3) is 54.9 Å². The molecule has 0 amide bonds. The number of nitrogens with zero attached hydrogens (tertiary/aromatic N) is 2. The Morgan fingerprint density at radius 1 is 0.421 bits per heavy atom. The summed E-state index contributed by atoms with van der Waals surface area (Å²) >= 11 is 0. The van der Waals surface area contributed by atoms with E-state index >= 15 is 0 Å². The van der Waals surface area contributed by atoms with Crippen LogP contribution in [0.4, 0.5) is 0 Å². The molecule has 0 saturated heterocycles. The van der Waals surface area contributed by atoms with Gasteiger partial charge in [0.15, 0.2) is 0 Å². The second kappa shape index (κ2) is 9.90. The molecule has 0 aliphatic carbocycles. The van der Waals surface area contributed by atoms with Crippen molar-refractivity contribution in [2.24, 2.45) is 0 Å². The largest absolute Gasteiger partial charge is 0.192 e. The van der Waals surface area contributed by atoms with Gasteiger partial charge in [-0.15, -0.1) is 0 Å². The molecule has 0 N–H and O–H groups in total. The lowest BCUT2D eigenvalue weighted by Crippen LogP contribution is -1.93. The van der Waals surface area contributed by atoms with E-state index in [0.717, 1.165) is 54.9 Å². The second-order valence-corrected chi connectivity index (χ2v) is 9.20. The lowest BCUT2D eigenvalue weighted by atomic mass is 9.88. The first-order valence-corrected chi connectivity index (χ1v) is 12.5. The summed E-state index contributed by atoms with van der Waals surface area (Å²) in [5.41, 5.74) is 6.40. The summed E-state index contributed by atoms with van der Waals surface area (Å²) in [4.78, 5) is 0. The Morgan fingerprint density at radius 2 is 0.789 bits per heavy atom. The van der Waals surface area contributed by atoms with Crippen LogP contribution < -0.4 is 0 Å². The number of rotatable bonds is 4. The first kappa shape index (κ1) is 23.0. The van der Waals surface area contributed by atoms with Gasteiger partial charge in [-0.05, 0) is 79.2 Å². The average molecular weight is 483 g/mol. The maximum absolute atomic E-state index is 10.4. The zero-order valence-electron chi connectivity index (χ0n) is 20.6. The van der Waals surface area contributed by atoms with Crippen molar-refractivity contribution in [1.82, 2.24) is 0 Å². The van der Waals surface area contributed by atoms with Crippen LogP contribution in [-0.4, -0.2) is 0 Å². The molecule has 0 unspecified atom stereocenters. The van der Waals surface area contributed by atoms with E-state index in [-0.39, 0.29) is 0 Å². The molecule has 2 nitrogen and oxygen atoms in total. The Kier molecular flexibility index (Phi) is 5.99. The van der Waals surface area contributed by atoms with Gasteiger partial charge in [-0.2, -0.15) is 10.5 Å². The number of hydrogen-bond acceptors (Lipinski definition) is 2. The van der Waals surface area contributed by atoms with E-state index in [9.17, 15) is 10.5 Å². The predicted molar refractivity (Wildman–Crippen MR) is 157 cm³/mol. The first-order chi connectivity index (χ1) is 18.8. The van der Waals surface area contributed by atoms with Crippen molar-refractivity contribution in [3.05, 3.63) is 145 Å². The summed E-state index contributed by atoms with van der Waals surface area (Å²) in [5, 5.41) is 25.1. The summed E-state index contributed by atoms with van der Waals surface area (Å²) in [6.07, 6.45) is 0. The van der Waals surface area contributed by atoms with Crippen molar-refractivity contribution in [2.75, 3.05) is 0 Å². The highest BCUT2D eigenvalue weighted by molar-refractivity contribution is 6.09. The standard InChI is InChI=1S/C36H22N2/c37-23-35(29-19-27-15-7-9-17-31(27)33(21-29)25-11-3-1-4-12-25)36(24-38)30-20-28-16-8-10-18-32(28)34(22-30)26-13-5-2-6-14-26/h1-22H/b36-35+. The Hall–Kier alpha value is -5.44. The van der Waals surface area contributed by atoms with Crippen molar-refractivity contribution < 1.29 is 0 Å². The van der Waals surface area contributed by atoms with Gasteiger partial charge >= 0.3 is 0 Å². The van der Waals surface area contributed by atoms with Crippen LogP contribution in [-0.2, 0) is 0 Å². The van der Waals surface area contributed by atoms with E-state index in [1.165, 1.54) is 0 Å². The molecule has 0 aliphatic heterocycles. The van der Waals surface area contributed by atoms with Gasteiger partial charge in [0.25, 0.3) is 0 Å². The van der Waals surface area contributed by atoms with E-state index in [0.29, 0.717) is 11.1 Å². The molecular weight excluding hydrogens is 460 g/mol. The summed E-state index contributed by atoms with van der Waals surface area (Å²) < 4.78 is 0. The number of benzene rings is 6. The van der Waals surface area contributed by atoms with Crippen molar-refractivity contribution in [1.29, 1.82) is 10.5 Å². The third-order valence-corrected chi connectivity index (χ3v) is 6.94. The molecule has 0 saturated carbocycles. The molecule has 0 aliphatic rings. The third-order valence-electron chi connectivity index (χ3n) is 6.94. The van der Waals surface area contributed by atoms with Gasteiger partial charge in [0.2, 0.25) is 0 Å². The Bertz CT molecular complexity index is 1780. The van der Waals surface area contributed by atoms with Gasteiger partial charge < -0.3 is 0 Å². The number of allylic oxidation sites excluding steroid dienone is 2. The quantitative estimate of drug-likeness (QED) is 0.186. The molecule has 0 atom stereocenters. The van der Waals surface area contributed by atoms with Gasteiger partial charge in [0, 0.05) is 0 Å². The van der Waals surface area contributed by atoms with Crippen LogP contribution >= 0.6 is 0 Å². The minimum Gasteiger partial charge on any atom is -0.192 e. The number of fused-ring (bicyclic) bond motifs is 2. The van der Waals surface area contributed by atoms with Gasteiger partial charge in [-0.25, -0.2) is 0 Å². The molecule has 6 rings (SSSR count). The highest BCUT2D eigenvalue weighted by Gasteiger charge is 2.17. The van der Waals surface area contributed by atoms with Crippen LogP contribution in [0.1, 0.15) is 11.1 Å². The highest BCUT2D eigenvalue weighted by Crippen LogP contribution is 2.37. The van der Waals surface area contributed by atoms with Gasteiger partial charge in [-0.1, -0.05) is 109 Å². The fourth-order valence-corrected chi connectivity index (χ4v) is 5.15. The average Bonchev–Trinajstić information content (AvgIpc) is 2.99. The van der Waals surface area contributed by atoms with Gasteiger partial charge in [-0.3, -0.25) is 0 Å². The fourth-order valence-electron chi connectivity index (χ4n) is 5.15. The summed E-state index contributed by atoms with van der Waals surface area (Å²) in [5.74, 6) is 0. The van der Waals surface area contributed by atoms with E-state index in [2.05, 4.69) is 60.7 Å². The second-order valence-electron chi connectivity index (χ2n) is 9.20. The molecule has 0 spiro atoms. The van der Waals surface area contributed by atoms with Crippen molar-refractivity contribution in [3.63, 3.8) is 0 Å². The van der Waals surface area contributed by atoms with Crippen LogP contribution in [0, 0.1) is 22.7 Å². The molecule has 6 aromatic rings. The highest BCUT2D eigenvalue weighted by atomic mass is 14.3. The molecule has 0 radical (unpaired) electrons. The van der Waals surface area contributed by atoms with E-state index in [1.54, 1.807) is 0 Å². The van der Waals surface area contributed by atoms with Crippen molar-refractivity contribution >= 4 is 32.7 Å². The molecule has 2 heteroatoms. The smallest absolute Gasteiger partial charge is 0.101 e. The maximum Gasteiger partial charge on any atom is 0.101 e. The minimum absolute atomic E-state index is 0.365. The van der Waals surface area contributed by atoms with Crippen LogP contribution in [0.2, 0.25) is 0 Å². The number of hydrogen-bond donors (Lipinski definition) is 0. The Labute approximate surface area is 222 Å². The normalized spacial score (nSPS) is 11.5. The molecule has 0 bridgehead atoms. The number of nitriles is 2. The fraction of sp³-hybridized carbons (Fsp3) is 0. The zero-order chi connectivity index (χ0) is 25.9. The first-order valence-electron chi connectivity index (χ1n) is 12.5. The van der Waals surface area contributed by atoms with Crippen LogP contribution in [0.15, 0.2) is 133 Å².